The van der Waals surface area contributed by atoms with Gasteiger partial charge in [0.15, 0.2) is 5.13 Å². The Kier molecular flexibility index (Phi) is 4.07. The van der Waals surface area contributed by atoms with Crippen LogP contribution in [0.5, 0.6) is 0 Å². The van der Waals surface area contributed by atoms with Gasteiger partial charge in [-0.1, -0.05) is 13.8 Å². The summed E-state index contributed by atoms with van der Waals surface area (Å²) in [5, 5.41) is 2.66. The maximum absolute atomic E-state index is 11.9. The van der Waals surface area contributed by atoms with E-state index in [-0.39, 0.29) is 11.8 Å². The summed E-state index contributed by atoms with van der Waals surface area (Å²) in [7, 11) is 1.79. The molecule has 1 heterocycles. The van der Waals surface area contributed by atoms with Crippen LogP contribution in [0.25, 0.3) is 0 Å². The first-order valence-electron chi connectivity index (χ1n) is 4.87. The van der Waals surface area contributed by atoms with Gasteiger partial charge in [0.2, 0.25) is 5.91 Å². The van der Waals surface area contributed by atoms with Crippen molar-refractivity contribution in [3.05, 3.63) is 11.6 Å². The fraction of sp³-hybridized carbons (Fsp3) is 0.600. The van der Waals surface area contributed by atoms with Crippen LogP contribution in [-0.4, -0.2) is 17.9 Å². The smallest absolute Gasteiger partial charge is 0.231 e. The number of aromatic nitrogens is 1. The van der Waals surface area contributed by atoms with E-state index in [1.807, 2.05) is 19.2 Å². The number of rotatable bonds is 4. The molecule has 3 nitrogen and oxygen atoms in total. The van der Waals surface area contributed by atoms with Crippen LogP contribution < -0.4 is 4.90 Å². The van der Waals surface area contributed by atoms with Crippen molar-refractivity contribution in [2.24, 2.45) is 5.92 Å². The van der Waals surface area contributed by atoms with Crippen LogP contribution in [0.3, 0.4) is 0 Å². The van der Waals surface area contributed by atoms with Crippen LogP contribution in [0.15, 0.2) is 11.6 Å². The van der Waals surface area contributed by atoms with E-state index < -0.39 is 0 Å². The van der Waals surface area contributed by atoms with E-state index in [2.05, 4.69) is 4.98 Å². The van der Waals surface area contributed by atoms with Gasteiger partial charge in [-0.3, -0.25) is 9.69 Å². The van der Waals surface area contributed by atoms with Crippen molar-refractivity contribution in [1.82, 2.24) is 4.98 Å². The molecule has 0 spiro atoms. The summed E-state index contributed by atoms with van der Waals surface area (Å²) >= 11 is 1.49. The molecule has 1 rings (SSSR count). The van der Waals surface area contributed by atoms with E-state index in [1.165, 1.54) is 11.3 Å². The van der Waals surface area contributed by atoms with Crippen LogP contribution in [-0.2, 0) is 4.79 Å². The summed E-state index contributed by atoms with van der Waals surface area (Å²) in [6.45, 7) is 4.09. The molecule has 1 amide bonds. The molecule has 78 valence electrons. The molecule has 0 N–H and O–H groups in total. The van der Waals surface area contributed by atoms with Gasteiger partial charge < -0.3 is 0 Å². The number of thiazole rings is 1. The van der Waals surface area contributed by atoms with Crippen molar-refractivity contribution in [2.75, 3.05) is 11.9 Å². The van der Waals surface area contributed by atoms with E-state index in [9.17, 15) is 4.79 Å². The minimum atomic E-state index is 0.129. The average Bonchev–Trinajstić information content (AvgIpc) is 2.71. The second kappa shape index (κ2) is 5.10. The summed E-state index contributed by atoms with van der Waals surface area (Å²) in [5.74, 6) is 0.300. The summed E-state index contributed by atoms with van der Waals surface area (Å²) in [6.07, 6.45) is 3.51. The molecule has 0 unspecified atom stereocenters. The van der Waals surface area contributed by atoms with Crippen LogP contribution in [0.1, 0.15) is 26.7 Å². The first-order valence-corrected chi connectivity index (χ1v) is 5.75. The molecule has 0 bridgehead atoms. The highest BCUT2D eigenvalue weighted by atomic mass is 32.1. The monoisotopic (exact) mass is 212 g/mol. The Balaban J connectivity index is 2.69. The van der Waals surface area contributed by atoms with Gasteiger partial charge in [-0.05, 0) is 12.8 Å². The van der Waals surface area contributed by atoms with Crippen LogP contribution in [0.4, 0.5) is 5.13 Å². The topological polar surface area (TPSA) is 33.2 Å². The van der Waals surface area contributed by atoms with E-state index in [0.29, 0.717) is 0 Å². The van der Waals surface area contributed by atoms with Gasteiger partial charge in [0.25, 0.3) is 0 Å². The van der Waals surface area contributed by atoms with Gasteiger partial charge in [-0.25, -0.2) is 4.98 Å². The molecule has 0 saturated carbocycles. The number of anilines is 1. The Bertz CT molecular complexity index is 280. The number of nitrogens with zero attached hydrogens (tertiary/aromatic N) is 2. The second-order valence-corrected chi connectivity index (χ2v) is 4.10. The first-order chi connectivity index (χ1) is 6.70. The number of carbonyl (C=O) groups is 1. The highest BCUT2D eigenvalue weighted by Gasteiger charge is 2.20. The molecule has 0 saturated heterocycles. The molecule has 0 aliphatic carbocycles. The molecule has 0 aromatic carbocycles. The third kappa shape index (κ3) is 2.32. The van der Waals surface area contributed by atoms with Crippen molar-refractivity contribution in [2.45, 2.75) is 26.7 Å². The van der Waals surface area contributed by atoms with Crippen LogP contribution in [0, 0.1) is 5.92 Å². The summed E-state index contributed by atoms with van der Waals surface area (Å²) in [5.41, 5.74) is 0. The van der Waals surface area contributed by atoms with Gasteiger partial charge in [-0.15, -0.1) is 11.3 Å². The Labute approximate surface area is 88.8 Å². The molecule has 1 aromatic rings. The maximum Gasteiger partial charge on any atom is 0.231 e. The summed E-state index contributed by atoms with van der Waals surface area (Å²) in [4.78, 5) is 17.7. The van der Waals surface area contributed by atoms with Gasteiger partial charge in [0.1, 0.15) is 0 Å². The zero-order valence-corrected chi connectivity index (χ0v) is 9.67. The molecular formula is C10H16N2OS. The fourth-order valence-electron chi connectivity index (χ4n) is 1.39. The lowest BCUT2D eigenvalue weighted by molar-refractivity contribution is -0.122. The molecular weight excluding hydrogens is 196 g/mol. The fourth-order valence-corrected chi connectivity index (χ4v) is 2.00. The average molecular weight is 212 g/mol. The van der Waals surface area contributed by atoms with E-state index in [4.69, 9.17) is 0 Å². The van der Waals surface area contributed by atoms with Gasteiger partial charge in [0, 0.05) is 24.5 Å². The van der Waals surface area contributed by atoms with Crippen molar-refractivity contribution in [1.29, 1.82) is 0 Å². The molecule has 4 heteroatoms. The number of carbonyl (C=O) groups excluding carboxylic acids is 1. The quantitative estimate of drug-likeness (QED) is 0.768. The zero-order chi connectivity index (χ0) is 10.6. The van der Waals surface area contributed by atoms with E-state index in [0.717, 1.165) is 18.0 Å². The molecule has 1 aromatic heterocycles. The molecule has 0 atom stereocenters. The first kappa shape index (κ1) is 11.2. The lowest BCUT2D eigenvalue weighted by Gasteiger charge is -2.19. The van der Waals surface area contributed by atoms with Crippen molar-refractivity contribution >= 4 is 22.4 Å². The zero-order valence-electron chi connectivity index (χ0n) is 8.86. The predicted molar refractivity (Wildman–Crippen MR) is 59.6 cm³/mol. The van der Waals surface area contributed by atoms with Gasteiger partial charge in [0.05, 0.1) is 0 Å². The van der Waals surface area contributed by atoms with Gasteiger partial charge >= 0.3 is 0 Å². The Morgan fingerprint density at radius 3 is 2.64 bits per heavy atom. The number of hydrogen-bond acceptors (Lipinski definition) is 3. The van der Waals surface area contributed by atoms with Crippen molar-refractivity contribution < 1.29 is 4.79 Å². The SMILES string of the molecule is CCC(CC)C(=O)N(C)c1nccs1. The summed E-state index contributed by atoms with van der Waals surface area (Å²) in [6, 6.07) is 0. The second-order valence-electron chi connectivity index (χ2n) is 3.23. The Morgan fingerprint density at radius 1 is 1.57 bits per heavy atom. The predicted octanol–water partition coefficient (Wildman–Crippen LogP) is 2.54. The highest BCUT2D eigenvalue weighted by Crippen LogP contribution is 2.20. The van der Waals surface area contributed by atoms with Crippen molar-refractivity contribution in [3.63, 3.8) is 0 Å². The van der Waals surface area contributed by atoms with Crippen LogP contribution >= 0.6 is 11.3 Å². The van der Waals surface area contributed by atoms with E-state index >= 15 is 0 Å². The van der Waals surface area contributed by atoms with Crippen LogP contribution in [0.2, 0.25) is 0 Å². The van der Waals surface area contributed by atoms with E-state index in [1.54, 1.807) is 18.1 Å². The molecule has 0 aliphatic heterocycles. The lowest BCUT2D eigenvalue weighted by atomic mass is 10.0. The normalized spacial score (nSPS) is 10.6. The Morgan fingerprint density at radius 2 is 2.21 bits per heavy atom. The molecule has 0 fully saturated rings. The lowest BCUT2D eigenvalue weighted by Crippen LogP contribution is -2.32. The molecule has 14 heavy (non-hydrogen) atoms. The minimum Gasteiger partial charge on any atom is -0.291 e. The third-order valence-electron chi connectivity index (χ3n) is 2.37. The Hall–Kier alpha value is -0.900. The third-order valence-corrected chi connectivity index (χ3v) is 3.22. The molecule has 0 radical (unpaired) electrons. The largest absolute Gasteiger partial charge is 0.291 e. The van der Waals surface area contributed by atoms with Gasteiger partial charge in [-0.2, -0.15) is 0 Å². The number of amides is 1. The number of hydrogen-bond donors (Lipinski definition) is 0. The minimum absolute atomic E-state index is 0.129. The highest BCUT2D eigenvalue weighted by molar-refractivity contribution is 7.13. The standard InChI is InChI=1S/C10H16N2OS/c1-4-8(5-2)9(13)12(3)10-11-6-7-14-10/h6-8H,4-5H2,1-3H3. The van der Waals surface area contributed by atoms with Crippen molar-refractivity contribution in [3.8, 4) is 0 Å². The summed E-state index contributed by atoms with van der Waals surface area (Å²) < 4.78 is 0. The molecule has 0 aliphatic rings. The maximum atomic E-state index is 11.9.